The molecule has 0 aliphatic rings. The Kier molecular flexibility index (Phi) is 6.57. The lowest BCUT2D eigenvalue weighted by atomic mass is 10.2. The molecule has 2 aromatic carbocycles. The predicted octanol–water partition coefficient (Wildman–Crippen LogP) is 3.79. The van der Waals surface area contributed by atoms with E-state index in [-0.39, 0.29) is 0 Å². The fourth-order valence-electron chi connectivity index (χ4n) is 1.91. The van der Waals surface area contributed by atoms with Crippen molar-refractivity contribution in [1.29, 1.82) is 0 Å². The van der Waals surface area contributed by atoms with Crippen LogP contribution in [0.4, 0.5) is 0 Å². The van der Waals surface area contributed by atoms with E-state index in [1.165, 1.54) is 10.5 Å². The predicted molar refractivity (Wildman–Crippen MR) is 95.7 cm³/mol. The molecule has 0 radical (unpaired) electrons. The Morgan fingerprint density at radius 3 is 2.33 bits per heavy atom. The lowest BCUT2D eigenvalue weighted by Crippen LogP contribution is -2.37. The van der Waals surface area contributed by atoms with Crippen LogP contribution in [-0.4, -0.2) is 29.4 Å². The molecule has 0 bridgehead atoms. The van der Waals surface area contributed by atoms with Crippen LogP contribution in [0.25, 0.3) is 0 Å². The van der Waals surface area contributed by atoms with Crippen molar-refractivity contribution in [3.63, 3.8) is 0 Å². The van der Waals surface area contributed by atoms with E-state index >= 15 is 0 Å². The number of nitrogens with zero attached hydrogens (tertiary/aromatic N) is 1. The van der Waals surface area contributed by atoms with Crippen LogP contribution in [0.2, 0.25) is 0 Å². The van der Waals surface area contributed by atoms with Gasteiger partial charge in [-0.3, -0.25) is 0 Å². The van der Waals surface area contributed by atoms with Gasteiger partial charge in [0.25, 0.3) is 0 Å². The van der Waals surface area contributed by atoms with E-state index in [2.05, 4.69) is 58.7 Å². The summed E-state index contributed by atoms with van der Waals surface area (Å²) in [5.41, 5.74) is 1.27. The number of rotatable bonds is 6. The molecule has 0 saturated carbocycles. The van der Waals surface area contributed by atoms with Crippen molar-refractivity contribution in [3.8, 4) is 0 Å². The molecule has 0 spiro atoms. The van der Waals surface area contributed by atoms with Gasteiger partial charge in [-0.05, 0) is 29.9 Å². The first-order chi connectivity index (χ1) is 10.3. The molecule has 0 aliphatic heterocycles. The highest BCUT2D eigenvalue weighted by Gasteiger charge is 2.04. The van der Waals surface area contributed by atoms with Crippen molar-refractivity contribution in [3.05, 3.63) is 66.2 Å². The molecule has 0 aromatic heterocycles. The number of thiocarbonyl (C=S) groups is 1. The Labute approximate surface area is 136 Å². The molecule has 0 amide bonds. The van der Waals surface area contributed by atoms with Crippen LogP contribution >= 0.6 is 24.0 Å². The minimum absolute atomic E-state index is 0.799. The van der Waals surface area contributed by atoms with Crippen LogP contribution in [0.1, 0.15) is 5.56 Å². The first kappa shape index (κ1) is 15.9. The molecule has 0 heterocycles. The first-order valence-corrected chi connectivity index (χ1v) is 8.36. The summed E-state index contributed by atoms with van der Waals surface area (Å²) in [4.78, 5) is 3.36. The van der Waals surface area contributed by atoms with E-state index in [0.717, 1.165) is 24.0 Å². The molecule has 2 nitrogen and oxygen atoms in total. The summed E-state index contributed by atoms with van der Waals surface area (Å²) in [5, 5.41) is 4.11. The van der Waals surface area contributed by atoms with Gasteiger partial charge in [0.15, 0.2) is 5.11 Å². The third-order valence-corrected chi connectivity index (χ3v) is 4.47. The van der Waals surface area contributed by atoms with Crippen molar-refractivity contribution >= 4 is 29.1 Å². The third-order valence-electron chi connectivity index (χ3n) is 3.00. The lowest BCUT2D eigenvalue weighted by molar-refractivity contribution is 0.491. The maximum absolute atomic E-state index is 5.41. The summed E-state index contributed by atoms with van der Waals surface area (Å²) in [7, 11) is 2.02. The van der Waals surface area contributed by atoms with Crippen molar-refractivity contribution in [2.24, 2.45) is 0 Å². The van der Waals surface area contributed by atoms with Gasteiger partial charge in [-0.1, -0.05) is 48.5 Å². The van der Waals surface area contributed by atoms with Crippen LogP contribution in [-0.2, 0) is 6.54 Å². The highest BCUT2D eigenvalue weighted by atomic mass is 32.2. The highest BCUT2D eigenvalue weighted by molar-refractivity contribution is 7.99. The standard InChI is InChI=1S/C17H20N2S2/c1-19(14-15-8-4-2-5-9-15)17(20)18-12-13-21-16-10-6-3-7-11-16/h2-11H,12-14H2,1H3,(H,18,20). The fraction of sp³-hybridized carbons (Fsp3) is 0.235. The van der Waals surface area contributed by atoms with Gasteiger partial charge in [0.2, 0.25) is 0 Å². The van der Waals surface area contributed by atoms with Gasteiger partial charge in [0.1, 0.15) is 0 Å². The topological polar surface area (TPSA) is 15.3 Å². The Balaban J connectivity index is 1.67. The minimum atomic E-state index is 0.799. The van der Waals surface area contributed by atoms with E-state index in [1.54, 1.807) is 0 Å². The highest BCUT2D eigenvalue weighted by Crippen LogP contribution is 2.15. The molecule has 0 aliphatic carbocycles. The quantitative estimate of drug-likeness (QED) is 0.495. The van der Waals surface area contributed by atoms with Gasteiger partial charge in [-0.2, -0.15) is 0 Å². The van der Waals surface area contributed by atoms with Gasteiger partial charge in [-0.25, -0.2) is 0 Å². The number of nitrogens with one attached hydrogen (secondary N) is 1. The maximum Gasteiger partial charge on any atom is 0.169 e. The largest absolute Gasteiger partial charge is 0.362 e. The molecule has 0 fully saturated rings. The monoisotopic (exact) mass is 316 g/mol. The molecule has 110 valence electrons. The minimum Gasteiger partial charge on any atom is -0.362 e. The zero-order valence-electron chi connectivity index (χ0n) is 12.2. The summed E-state index contributed by atoms with van der Waals surface area (Å²) in [6.07, 6.45) is 0. The normalized spacial score (nSPS) is 10.1. The fourth-order valence-corrected chi connectivity index (χ4v) is 2.86. The van der Waals surface area contributed by atoms with Crippen LogP contribution in [0.5, 0.6) is 0 Å². The van der Waals surface area contributed by atoms with Crippen LogP contribution in [0.3, 0.4) is 0 Å². The molecule has 2 aromatic rings. The average Bonchev–Trinajstić information content (AvgIpc) is 2.53. The first-order valence-electron chi connectivity index (χ1n) is 6.96. The number of benzene rings is 2. The Bertz CT molecular complexity index is 543. The van der Waals surface area contributed by atoms with E-state index in [1.807, 2.05) is 30.9 Å². The van der Waals surface area contributed by atoms with E-state index in [0.29, 0.717) is 0 Å². The molecule has 0 unspecified atom stereocenters. The summed E-state index contributed by atoms with van der Waals surface area (Å²) in [6.45, 7) is 1.70. The van der Waals surface area contributed by atoms with Crippen LogP contribution < -0.4 is 5.32 Å². The van der Waals surface area contributed by atoms with Gasteiger partial charge >= 0.3 is 0 Å². The van der Waals surface area contributed by atoms with Crippen molar-refractivity contribution in [1.82, 2.24) is 10.2 Å². The Morgan fingerprint density at radius 2 is 1.67 bits per heavy atom. The van der Waals surface area contributed by atoms with Crippen molar-refractivity contribution < 1.29 is 0 Å². The molecular formula is C17H20N2S2. The number of hydrogen-bond acceptors (Lipinski definition) is 2. The molecule has 1 N–H and O–H groups in total. The zero-order valence-corrected chi connectivity index (χ0v) is 13.8. The zero-order chi connectivity index (χ0) is 14.9. The SMILES string of the molecule is CN(Cc1ccccc1)C(=S)NCCSc1ccccc1. The Morgan fingerprint density at radius 1 is 1.05 bits per heavy atom. The smallest absolute Gasteiger partial charge is 0.169 e. The van der Waals surface area contributed by atoms with Gasteiger partial charge in [-0.15, -0.1) is 11.8 Å². The van der Waals surface area contributed by atoms with E-state index in [4.69, 9.17) is 12.2 Å². The second kappa shape index (κ2) is 8.70. The van der Waals surface area contributed by atoms with Gasteiger partial charge in [0.05, 0.1) is 0 Å². The maximum atomic E-state index is 5.41. The van der Waals surface area contributed by atoms with E-state index in [9.17, 15) is 0 Å². The van der Waals surface area contributed by atoms with Gasteiger partial charge in [0, 0.05) is 30.8 Å². The summed E-state index contributed by atoms with van der Waals surface area (Å²) in [5.74, 6) is 1.00. The molecule has 4 heteroatoms. The average molecular weight is 316 g/mol. The third kappa shape index (κ3) is 5.78. The summed E-state index contributed by atoms with van der Waals surface area (Å²) < 4.78 is 0. The molecule has 21 heavy (non-hydrogen) atoms. The molecule has 0 atom stereocenters. The van der Waals surface area contributed by atoms with E-state index < -0.39 is 0 Å². The summed E-state index contributed by atoms with van der Waals surface area (Å²) in [6, 6.07) is 20.8. The van der Waals surface area contributed by atoms with Crippen molar-refractivity contribution in [2.45, 2.75) is 11.4 Å². The molecule has 0 saturated heterocycles. The lowest BCUT2D eigenvalue weighted by Gasteiger charge is -2.21. The van der Waals surface area contributed by atoms with Crippen LogP contribution in [0.15, 0.2) is 65.6 Å². The summed E-state index contributed by atoms with van der Waals surface area (Å²) >= 11 is 7.25. The molecular weight excluding hydrogens is 296 g/mol. The molecule has 2 rings (SSSR count). The Hall–Kier alpha value is -1.52. The number of hydrogen-bond donors (Lipinski definition) is 1. The van der Waals surface area contributed by atoms with Crippen LogP contribution in [0, 0.1) is 0 Å². The van der Waals surface area contributed by atoms with Crippen molar-refractivity contribution in [2.75, 3.05) is 19.3 Å². The second-order valence-corrected chi connectivity index (χ2v) is 6.29. The second-order valence-electron chi connectivity index (χ2n) is 4.74. The van der Waals surface area contributed by atoms with Gasteiger partial charge < -0.3 is 10.2 Å². The number of thioether (sulfide) groups is 1.